The number of carbonyl (C=O) groups is 2. The van der Waals surface area contributed by atoms with Crippen LogP contribution in [0, 0.1) is 0 Å². The Labute approximate surface area is 176 Å². The van der Waals surface area contributed by atoms with Crippen molar-refractivity contribution >= 4 is 23.2 Å². The van der Waals surface area contributed by atoms with Gasteiger partial charge in [0.15, 0.2) is 0 Å². The van der Waals surface area contributed by atoms with E-state index < -0.39 is 6.36 Å². The van der Waals surface area contributed by atoms with E-state index in [0.717, 1.165) is 31.2 Å². The van der Waals surface area contributed by atoms with E-state index in [1.807, 2.05) is 0 Å². The van der Waals surface area contributed by atoms with E-state index in [-0.39, 0.29) is 29.8 Å². The molecule has 1 aromatic heterocycles. The summed E-state index contributed by atoms with van der Waals surface area (Å²) in [6.45, 7) is 1.76. The second-order valence-electron chi connectivity index (χ2n) is 7.06. The second kappa shape index (κ2) is 9.51. The molecule has 1 N–H and O–H groups in total. The van der Waals surface area contributed by atoms with Gasteiger partial charge < -0.3 is 14.8 Å². The van der Waals surface area contributed by atoms with Crippen LogP contribution in [0.1, 0.15) is 48.7 Å². The van der Waals surface area contributed by atoms with Crippen LogP contribution in [-0.2, 0) is 9.53 Å². The van der Waals surface area contributed by atoms with Crippen molar-refractivity contribution in [3.05, 3.63) is 40.6 Å². The van der Waals surface area contributed by atoms with Crippen LogP contribution in [0.5, 0.6) is 5.75 Å². The molecule has 2 aromatic rings. The van der Waals surface area contributed by atoms with Gasteiger partial charge in [0.2, 0.25) is 0 Å². The molecule has 1 aliphatic carbocycles. The first-order valence-corrected chi connectivity index (χ1v) is 10.6. The third kappa shape index (κ3) is 6.22. The molecule has 3 rings (SSSR count). The first kappa shape index (κ1) is 22.1. The Balaban J connectivity index is 1.53. The Hall–Kier alpha value is -2.55. The summed E-state index contributed by atoms with van der Waals surface area (Å²) in [5.74, 6) is -0.677. The summed E-state index contributed by atoms with van der Waals surface area (Å²) in [6, 6.07) is 7.26. The van der Waals surface area contributed by atoms with Gasteiger partial charge in [0.1, 0.15) is 11.9 Å². The summed E-state index contributed by atoms with van der Waals surface area (Å²) in [4.78, 5) is 24.4. The van der Waals surface area contributed by atoms with Gasteiger partial charge in [-0.15, -0.1) is 24.5 Å². The standard InChI is InChI=1S/C21H22F3NO4S/c1-2-19(26)28-16-9-5-15(6-10-16)25-20(27)18-11-14(12-30-18)13-3-7-17(8-4-13)29-21(22,23)24/h3-4,7-8,11-12,15-16H,2,5-6,9-10H2,1H3,(H,25,27). The molecule has 1 amide bonds. The van der Waals surface area contributed by atoms with Gasteiger partial charge in [-0.1, -0.05) is 19.1 Å². The van der Waals surface area contributed by atoms with Crippen LogP contribution in [0.2, 0.25) is 0 Å². The van der Waals surface area contributed by atoms with Crippen LogP contribution in [0.3, 0.4) is 0 Å². The van der Waals surface area contributed by atoms with Crippen molar-refractivity contribution < 1.29 is 32.2 Å². The fourth-order valence-electron chi connectivity index (χ4n) is 3.31. The molecule has 30 heavy (non-hydrogen) atoms. The molecule has 9 heteroatoms. The maximum atomic E-state index is 12.5. The number of thiophene rings is 1. The number of benzene rings is 1. The predicted octanol–water partition coefficient (Wildman–Crippen LogP) is 5.31. The quantitative estimate of drug-likeness (QED) is 0.618. The van der Waals surface area contributed by atoms with Crippen molar-refractivity contribution in [2.75, 3.05) is 0 Å². The van der Waals surface area contributed by atoms with Crippen molar-refractivity contribution in [3.8, 4) is 16.9 Å². The third-order valence-electron chi connectivity index (χ3n) is 4.84. The average Bonchev–Trinajstić information content (AvgIpc) is 3.19. The van der Waals surface area contributed by atoms with E-state index in [0.29, 0.717) is 16.9 Å². The number of hydrogen-bond acceptors (Lipinski definition) is 5. The maximum Gasteiger partial charge on any atom is 0.573 e. The summed E-state index contributed by atoms with van der Waals surface area (Å²) in [7, 11) is 0. The number of carbonyl (C=O) groups excluding carboxylic acids is 2. The van der Waals surface area contributed by atoms with Gasteiger partial charge in [-0.2, -0.15) is 0 Å². The molecule has 0 atom stereocenters. The zero-order valence-corrected chi connectivity index (χ0v) is 17.1. The molecule has 1 aliphatic rings. The molecule has 0 radical (unpaired) electrons. The number of amides is 1. The first-order chi connectivity index (χ1) is 14.2. The molecule has 0 saturated heterocycles. The smallest absolute Gasteiger partial charge is 0.462 e. The number of halogens is 3. The van der Waals surface area contributed by atoms with E-state index in [9.17, 15) is 22.8 Å². The van der Waals surface area contributed by atoms with Crippen LogP contribution >= 0.6 is 11.3 Å². The monoisotopic (exact) mass is 441 g/mol. The van der Waals surface area contributed by atoms with Crippen molar-refractivity contribution in [3.63, 3.8) is 0 Å². The summed E-state index contributed by atoms with van der Waals surface area (Å²) < 4.78 is 46.0. The Bertz CT molecular complexity index is 871. The SMILES string of the molecule is CCC(=O)OC1CCC(NC(=O)c2cc(-c3ccc(OC(F)(F)F)cc3)cs2)CC1. The maximum absolute atomic E-state index is 12.5. The zero-order valence-electron chi connectivity index (χ0n) is 16.3. The van der Waals surface area contributed by atoms with E-state index in [1.165, 1.54) is 35.6 Å². The van der Waals surface area contributed by atoms with Crippen molar-refractivity contribution in [2.24, 2.45) is 0 Å². The van der Waals surface area contributed by atoms with Crippen LogP contribution in [0.15, 0.2) is 35.7 Å². The van der Waals surface area contributed by atoms with Gasteiger partial charge in [0.25, 0.3) is 5.91 Å². The zero-order chi connectivity index (χ0) is 21.7. The number of ether oxygens (including phenoxy) is 2. The lowest BCUT2D eigenvalue weighted by atomic mass is 9.93. The Kier molecular flexibility index (Phi) is 7.02. The summed E-state index contributed by atoms with van der Waals surface area (Å²) in [6.07, 6.45) is -1.53. The van der Waals surface area contributed by atoms with Gasteiger partial charge in [0.05, 0.1) is 4.88 Å². The summed E-state index contributed by atoms with van der Waals surface area (Å²) in [5, 5.41) is 4.80. The molecular formula is C21H22F3NO4S. The van der Waals surface area contributed by atoms with E-state index in [1.54, 1.807) is 18.4 Å². The van der Waals surface area contributed by atoms with Crippen LogP contribution in [0.4, 0.5) is 13.2 Å². The van der Waals surface area contributed by atoms with Gasteiger partial charge in [0, 0.05) is 12.5 Å². The number of esters is 1. The van der Waals surface area contributed by atoms with Crippen molar-refractivity contribution in [1.29, 1.82) is 0 Å². The van der Waals surface area contributed by atoms with Crippen LogP contribution in [-0.4, -0.2) is 30.4 Å². The highest BCUT2D eigenvalue weighted by atomic mass is 32.1. The van der Waals surface area contributed by atoms with Gasteiger partial charge in [-0.3, -0.25) is 9.59 Å². The highest BCUT2D eigenvalue weighted by Gasteiger charge is 2.31. The lowest BCUT2D eigenvalue weighted by Gasteiger charge is -2.28. The molecule has 0 bridgehead atoms. The average molecular weight is 441 g/mol. The van der Waals surface area contributed by atoms with Gasteiger partial charge in [-0.05, 0) is 60.4 Å². The molecule has 1 aromatic carbocycles. The molecule has 0 spiro atoms. The third-order valence-corrected chi connectivity index (χ3v) is 5.77. The Morgan fingerprint density at radius 2 is 1.77 bits per heavy atom. The largest absolute Gasteiger partial charge is 0.573 e. The van der Waals surface area contributed by atoms with E-state index in [4.69, 9.17) is 4.74 Å². The minimum atomic E-state index is -4.73. The molecule has 0 unspecified atom stereocenters. The topological polar surface area (TPSA) is 64.6 Å². The van der Waals surface area contributed by atoms with Crippen LogP contribution in [0.25, 0.3) is 11.1 Å². The highest BCUT2D eigenvalue weighted by molar-refractivity contribution is 7.12. The lowest BCUT2D eigenvalue weighted by molar-refractivity contribution is -0.274. The molecular weight excluding hydrogens is 419 g/mol. The Morgan fingerprint density at radius 1 is 1.10 bits per heavy atom. The molecule has 162 valence electrons. The first-order valence-electron chi connectivity index (χ1n) is 9.68. The minimum absolute atomic E-state index is 0.0263. The van der Waals surface area contributed by atoms with Crippen LogP contribution < -0.4 is 10.1 Å². The summed E-state index contributed by atoms with van der Waals surface area (Å²) >= 11 is 1.27. The molecule has 1 fully saturated rings. The van der Waals surface area contributed by atoms with Crippen molar-refractivity contribution in [2.45, 2.75) is 57.5 Å². The summed E-state index contributed by atoms with van der Waals surface area (Å²) in [5.41, 5.74) is 1.44. The number of nitrogens with one attached hydrogen (secondary N) is 1. The highest BCUT2D eigenvalue weighted by Crippen LogP contribution is 2.30. The van der Waals surface area contributed by atoms with E-state index in [2.05, 4.69) is 10.1 Å². The fraction of sp³-hybridized carbons (Fsp3) is 0.429. The molecule has 5 nitrogen and oxygen atoms in total. The van der Waals surface area contributed by atoms with Crippen molar-refractivity contribution in [1.82, 2.24) is 5.32 Å². The van der Waals surface area contributed by atoms with Gasteiger partial charge >= 0.3 is 12.3 Å². The number of rotatable bonds is 6. The lowest BCUT2D eigenvalue weighted by Crippen LogP contribution is -2.39. The predicted molar refractivity (Wildman–Crippen MR) is 106 cm³/mol. The molecule has 1 heterocycles. The Morgan fingerprint density at radius 3 is 2.37 bits per heavy atom. The number of alkyl halides is 3. The van der Waals surface area contributed by atoms with Gasteiger partial charge in [-0.25, -0.2) is 0 Å². The molecule has 1 saturated carbocycles. The minimum Gasteiger partial charge on any atom is -0.462 e. The second-order valence-corrected chi connectivity index (χ2v) is 7.97. The molecule has 0 aliphatic heterocycles. The number of hydrogen-bond donors (Lipinski definition) is 1. The normalized spacial score (nSPS) is 19.2. The van der Waals surface area contributed by atoms with E-state index >= 15 is 0 Å². The fourth-order valence-corrected chi connectivity index (χ4v) is 4.13.